The van der Waals surface area contributed by atoms with Crippen molar-refractivity contribution >= 4 is 10.4 Å². The quantitative estimate of drug-likeness (QED) is 0.0863. The van der Waals surface area contributed by atoms with Crippen LogP contribution in [-0.2, 0) is 64.0 Å². The van der Waals surface area contributed by atoms with E-state index in [2.05, 4.69) is 72.6 Å². The summed E-state index contributed by atoms with van der Waals surface area (Å²) >= 11 is 0. The van der Waals surface area contributed by atoms with Crippen LogP contribution in [0.5, 0.6) is 5.75 Å². The predicted octanol–water partition coefficient (Wildman–Crippen LogP) is 4.36. The van der Waals surface area contributed by atoms with E-state index in [-0.39, 0.29) is 48.8 Å². The van der Waals surface area contributed by atoms with Crippen molar-refractivity contribution in [3.63, 3.8) is 0 Å². The lowest BCUT2D eigenvalue weighted by Crippen LogP contribution is -2.28. The van der Waals surface area contributed by atoms with Crippen LogP contribution >= 0.6 is 0 Å². The van der Waals surface area contributed by atoms with Crippen molar-refractivity contribution in [2.45, 2.75) is 78.6 Å². The highest BCUT2D eigenvalue weighted by Crippen LogP contribution is 2.44. The van der Waals surface area contributed by atoms with Crippen molar-refractivity contribution in [3.05, 3.63) is 28.8 Å². The highest BCUT2D eigenvalue weighted by molar-refractivity contribution is 7.80. The number of benzene rings is 1. The van der Waals surface area contributed by atoms with Crippen molar-refractivity contribution in [3.8, 4) is 5.75 Å². The van der Waals surface area contributed by atoms with Crippen molar-refractivity contribution in [1.82, 2.24) is 6.15 Å². The van der Waals surface area contributed by atoms with Crippen molar-refractivity contribution in [2.75, 3.05) is 106 Å². The van der Waals surface area contributed by atoms with Gasteiger partial charge >= 0.3 is 10.4 Å². The van der Waals surface area contributed by atoms with E-state index < -0.39 is 10.4 Å². The molecule has 0 bridgehead atoms. The molecule has 0 aliphatic heterocycles. The van der Waals surface area contributed by atoms with Gasteiger partial charge in [-0.05, 0) is 33.4 Å². The molecule has 0 aliphatic carbocycles. The molecule has 0 spiro atoms. The number of phenols is 1. The molecule has 0 saturated heterocycles. The molecular formula is C34H67NO13S. The number of aliphatic hydroxyl groups is 1. The minimum absolute atomic E-state index is 0. The van der Waals surface area contributed by atoms with Crippen molar-refractivity contribution in [1.29, 1.82) is 0 Å². The number of aromatic hydroxyl groups is 1. The lowest BCUT2D eigenvalue weighted by molar-refractivity contribution is -0.0221. The second-order valence-electron chi connectivity index (χ2n) is 13.9. The zero-order valence-electron chi connectivity index (χ0n) is 31.5. The minimum Gasteiger partial charge on any atom is -0.508 e. The predicted molar refractivity (Wildman–Crippen MR) is 190 cm³/mol. The zero-order valence-corrected chi connectivity index (χ0v) is 32.3. The fraction of sp³-hybridized carbons (Fsp3) is 0.824. The molecule has 0 heterocycles. The second-order valence-corrected chi connectivity index (χ2v) is 15.0. The molecule has 1 rings (SSSR count). The van der Waals surface area contributed by atoms with Gasteiger partial charge in [-0.15, -0.1) is 0 Å². The van der Waals surface area contributed by atoms with Gasteiger partial charge in [-0.3, -0.25) is 4.55 Å². The van der Waals surface area contributed by atoms with E-state index in [1.54, 1.807) is 0 Å². The average molecular weight is 730 g/mol. The first-order valence-electron chi connectivity index (χ1n) is 16.5. The molecule has 0 radical (unpaired) electrons. The second kappa shape index (κ2) is 26.3. The number of rotatable bonds is 24. The van der Waals surface area contributed by atoms with Gasteiger partial charge in [-0.25, -0.2) is 4.18 Å². The van der Waals surface area contributed by atoms with E-state index in [9.17, 15) is 13.5 Å². The molecular weight excluding hydrogens is 662 g/mol. The molecule has 15 heteroatoms. The Kier molecular flexibility index (Phi) is 26.7. The standard InChI is InChI=1S/C18H30O.C16H34O12S.H3N/c1-16(2,3)12-10-11-13(19)15(18(7,8)9)14(12)17(4,5)6;17-1-2-21-3-4-22-5-6-23-7-8-24-9-10-25-11-12-26-13-14-27-15-16-28-29(18,19)20;/h10-11,19H,1-9H3;17H,1-16H2,(H,18,19,20);1H3. The third-order valence-corrected chi connectivity index (χ3v) is 6.88. The van der Waals surface area contributed by atoms with Crippen LogP contribution in [0, 0.1) is 0 Å². The number of ether oxygens (including phenoxy) is 7. The molecule has 0 fully saturated rings. The Morgan fingerprint density at radius 3 is 1.08 bits per heavy atom. The third-order valence-electron chi connectivity index (χ3n) is 6.42. The minimum atomic E-state index is -4.41. The monoisotopic (exact) mass is 729 g/mol. The number of phenolic OH excluding ortho intramolecular Hbond substituents is 1. The smallest absolute Gasteiger partial charge is 0.397 e. The molecule has 1 aromatic carbocycles. The van der Waals surface area contributed by atoms with Crippen LogP contribution < -0.4 is 6.15 Å². The fourth-order valence-corrected chi connectivity index (χ4v) is 4.72. The van der Waals surface area contributed by atoms with E-state index in [1.807, 2.05) is 6.07 Å². The zero-order chi connectivity index (χ0) is 36.7. The van der Waals surface area contributed by atoms with Crippen molar-refractivity contribution in [2.24, 2.45) is 0 Å². The largest absolute Gasteiger partial charge is 0.508 e. The van der Waals surface area contributed by atoms with Gasteiger partial charge in [0.1, 0.15) is 5.75 Å². The lowest BCUT2D eigenvalue weighted by Gasteiger charge is -2.36. The molecule has 0 saturated carbocycles. The summed E-state index contributed by atoms with van der Waals surface area (Å²) in [5.74, 6) is 0.422. The molecule has 0 amide bonds. The molecule has 0 aromatic heterocycles. The summed E-state index contributed by atoms with van der Waals surface area (Å²) in [6, 6.07) is 3.95. The first-order valence-corrected chi connectivity index (χ1v) is 17.8. The summed E-state index contributed by atoms with van der Waals surface area (Å²) in [4.78, 5) is 0. The van der Waals surface area contributed by atoms with Crippen LogP contribution in [0.1, 0.15) is 79.0 Å². The molecule has 0 aliphatic rings. The Morgan fingerprint density at radius 2 is 0.816 bits per heavy atom. The molecule has 6 N–H and O–H groups in total. The fourth-order valence-electron chi connectivity index (χ4n) is 4.44. The van der Waals surface area contributed by atoms with Gasteiger partial charge in [0.15, 0.2) is 0 Å². The number of aliphatic hydroxyl groups excluding tert-OH is 1. The van der Waals surface area contributed by atoms with Gasteiger partial charge < -0.3 is 49.5 Å². The third kappa shape index (κ3) is 26.0. The molecule has 1 aromatic rings. The molecule has 0 atom stereocenters. The number of hydrogen-bond donors (Lipinski definition) is 4. The van der Waals surface area contributed by atoms with Gasteiger partial charge in [0.2, 0.25) is 0 Å². The summed E-state index contributed by atoms with van der Waals surface area (Å²) in [7, 11) is -4.41. The Bertz CT molecular complexity index is 1070. The van der Waals surface area contributed by atoms with Crippen molar-refractivity contribution < 1.29 is 60.5 Å². The van der Waals surface area contributed by atoms with E-state index in [4.69, 9.17) is 42.8 Å². The van der Waals surface area contributed by atoms with Crippen LogP contribution in [-0.4, -0.2) is 129 Å². The summed E-state index contributed by atoms with van der Waals surface area (Å²) in [5, 5.41) is 18.9. The van der Waals surface area contributed by atoms with Gasteiger partial charge in [0, 0.05) is 5.56 Å². The maximum absolute atomic E-state index is 10.4. The van der Waals surface area contributed by atoms with Crippen LogP contribution in [0.3, 0.4) is 0 Å². The van der Waals surface area contributed by atoms with Crippen LogP contribution in [0.2, 0.25) is 0 Å². The summed E-state index contributed by atoms with van der Waals surface area (Å²) < 4.78 is 69.5. The van der Waals surface area contributed by atoms with Crippen LogP contribution in [0.15, 0.2) is 12.1 Å². The Morgan fingerprint density at radius 1 is 0.510 bits per heavy atom. The Labute approximate surface area is 295 Å². The summed E-state index contributed by atoms with van der Waals surface area (Å²) in [5.41, 5.74) is 3.76. The summed E-state index contributed by atoms with van der Waals surface area (Å²) in [6.07, 6.45) is 0. The highest BCUT2D eigenvalue weighted by Gasteiger charge is 2.33. The highest BCUT2D eigenvalue weighted by atomic mass is 32.3. The molecule has 14 nitrogen and oxygen atoms in total. The Hall–Kier alpha value is -1.47. The van der Waals surface area contributed by atoms with E-state index in [0.717, 1.165) is 5.56 Å². The molecule has 292 valence electrons. The van der Waals surface area contributed by atoms with Gasteiger partial charge in [0.25, 0.3) is 0 Å². The number of hydrogen-bond acceptors (Lipinski definition) is 13. The van der Waals surface area contributed by atoms with E-state index in [1.165, 1.54) is 11.1 Å². The summed E-state index contributed by atoms with van der Waals surface area (Å²) in [6.45, 7) is 25.2. The van der Waals surface area contributed by atoms with Gasteiger partial charge in [0.05, 0.1) is 106 Å². The SMILES string of the molecule is CC(C)(C)c1ccc(O)c(C(C)(C)C)c1C(C)(C)C.N.O=S(=O)(O)OCCOCCOCCOCCOCCOCCOCCOCCO. The van der Waals surface area contributed by atoms with Crippen LogP contribution in [0.4, 0.5) is 0 Å². The van der Waals surface area contributed by atoms with E-state index >= 15 is 0 Å². The topological polar surface area (TPSA) is 204 Å². The maximum atomic E-state index is 10.4. The Balaban J connectivity index is 0. The van der Waals surface area contributed by atoms with E-state index in [0.29, 0.717) is 85.0 Å². The normalized spacial score (nSPS) is 12.4. The maximum Gasteiger partial charge on any atom is 0.397 e. The lowest BCUT2D eigenvalue weighted by atomic mass is 9.68. The first-order chi connectivity index (χ1) is 22.3. The average Bonchev–Trinajstić information content (AvgIpc) is 2.95. The van der Waals surface area contributed by atoms with Gasteiger partial charge in [-0.1, -0.05) is 68.4 Å². The molecule has 49 heavy (non-hydrogen) atoms. The van der Waals surface area contributed by atoms with Crippen LogP contribution in [0.25, 0.3) is 0 Å². The first kappa shape index (κ1) is 49.6. The van der Waals surface area contributed by atoms with Gasteiger partial charge in [-0.2, -0.15) is 8.42 Å². The molecule has 0 unspecified atom stereocenters.